The lowest BCUT2D eigenvalue weighted by Gasteiger charge is -2.53. The fourth-order valence-corrected chi connectivity index (χ4v) is 4.68. The topological polar surface area (TPSA) is 84.5 Å². The molecule has 3 rings (SSSR count). The molecule has 1 aliphatic carbocycles. The highest BCUT2D eigenvalue weighted by molar-refractivity contribution is 6.05. The average molecular weight is 344 g/mol. The number of piperidine rings is 1. The highest BCUT2D eigenvalue weighted by atomic mass is 16.5. The summed E-state index contributed by atoms with van der Waals surface area (Å²) in [5.41, 5.74) is -1.70. The molecule has 1 aromatic carbocycles. The number of ether oxygens (including phenoxy) is 1. The zero-order valence-electron chi connectivity index (χ0n) is 15.1. The number of carbonyl (C=O) groups is 3. The van der Waals surface area contributed by atoms with E-state index in [0.717, 1.165) is 0 Å². The normalized spacial score (nSPS) is 34.2. The van der Waals surface area contributed by atoms with Gasteiger partial charge in [-0.05, 0) is 31.4 Å². The predicted octanol–water partition coefficient (Wildman–Crippen LogP) is 2.49. The number of hydrogen-bond acceptors (Lipinski definition) is 4. The molecule has 1 saturated heterocycles. The molecule has 1 aromatic rings. The van der Waals surface area contributed by atoms with Gasteiger partial charge in [-0.2, -0.15) is 0 Å². The standard InChI is InChI=1S/C19H24N2O4/c1-17(14(22)20-12-7-5-6-8-13(12)25-4)9-18(2)11-19(3,10-17)16(24)21-15(18)23/h5-8H,9-11H2,1-4H3,(H,20,22)(H,21,23,24). The van der Waals surface area contributed by atoms with Crippen LogP contribution in [0.25, 0.3) is 0 Å². The lowest BCUT2D eigenvalue weighted by molar-refractivity contribution is -0.163. The maximum atomic E-state index is 13.1. The Balaban J connectivity index is 1.91. The van der Waals surface area contributed by atoms with Crippen molar-refractivity contribution in [3.63, 3.8) is 0 Å². The number of imide groups is 1. The Labute approximate surface area is 147 Å². The van der Waals surface area contributed by atoms with Gasteiger partial charge in [-0.15, -0.1) is 0 Å². The van der Waals surface area contributed by atoms with Crippen molar-refractivity contribution in [1.82, 2.24) is 5.32 Å². The number of nitrogens with one attached hydrogen (secondary N) is 2. The molecule has 2 bridgehead atoms. The van der Waals surface area contributed by atoms with Gasteiger partial charge in [0.05, 0.1) is 12.8 Å². The molecule has 2 unspecified atom stereocenters. The SMILES string of the molecule is COc1ccccc1NC(=O)C1(C)CC2(C)CC(C)(C1)C(=O)NC2=O. The molecular formula is C19H24N2O4. The van der Waals surface area contributed by atoms with Gasteiger partial charge in [0, 0.05) is 16.2 Å². The van der Waals surface area contributed by atoms with Crippen molar-refractivity contribution < 1.29 is 19.1 Å². The van der Waals surface area contributed by atoms with Crippen molar-refractivity contribution in [2.45, 2.75) is 40.0 Å². The molecule has 0 aromatic heterocycles. The molecule has 2 N–H and O–H groups in total. The Morgan fingerprint density at radius 2 is 1.60 bits per heavy atom. The number of benzene rings is 1. The third-order valence-electron chi connectivity index (χ3n) is 5.57. The summed E-state index contributed by atoms with van der Waals surface area (Å²) in [5, 5.41) is 5.40. The number of hydrogen-bond donors (Lipinski definition) is 2. The van der Waals surface area contributed by atoms with E-state index in [1.807, 2.05) is 32.9 Å². The molecule has 1 saturated carbocycles. The molecule has 134 valence electrons. The van der Waals surface area contributed by atoms with Crippen molar-refractivity contribution in [2.24, 2.45) is 16.2 Å². The van der Waals surface area contributed by atoms with Crippen molar-refractivity contribution in [3.05, 3.63) is 24.3 Å². The molecule has 25 heavy (non-hydrogen) atoms. The van der Waals surface area contributed by atoms with Crippen LogP contribution in [0.3, 0.4) is 0 Å². The van der Waals surface area contributed by atoms with Crippen molar-refractivity contribution in [1.29, 1.82) is 0 Å². The number of para-hydroxylation sites is 2. The minimum absolute atomic E-state index is 0.198. The van der Waals surface area contributed by atoms with Gasteiger partial charge >= 0.3 is 0 Å². The third-order valence-corrected chi connectivity index (χ3v) is 5.57. The van der Waals surface area contributed by atoms with Gasteiger partial charge in [0.15, 0.2) is 0 Å². The van der Waals surface area contributed by atoms with Crippen LogP contribution in [0.4, 0.5) is 5.69 Å². The second kappa shape index (κ2) is 5.58. The van der Waals surface area contributed by atoms with E-state index in [2.05, 4.69) is 10.6 Å². The van der Waals surface area contributed by atoms with Crippen LogP contribution in [0.5, 0.6) is 5.75 Å². The van der Waals surface area contributed by atoms with Crippen LogP contribution >= 0.6 is 0 Å². The van der Waals surface area contributed by atoms with E-state index in [0.29, 0.717) is 30.7 Å². The van der Waals surface area contributed by atoms with E-state index in [4.69, 9.17) is 4.74 Å². The van der Waals surface area contributed by atoms with Crippen LogP contribution < -0.4 is 15.4 Å². The first-order valence-corrected chi connectivity index (χ1v) is 8.42. The van der Waals surface area contributed by atoms with Crippen molar-refractivity contribution >= 4 is 23.4 Å². The van der Waals surface area contributed by atoms with Crippen LogP contribution in [0.2, 0.25) is 0 Å². The van der Waals surface area contributed by atoms with Crippen LogP contribution in [-0.2, 0) is 14.4 Å². The third kappa shape index (κ3) is 2.79. The Hall–Kier alpha value is -2.37. The summed E-state index contributed by atoms with van der Waals surface area (Å²) in [4.78, 5) is 37.8. The smallest absolute Gasteiger partial charge is 0.232 e. The summed E-state index contributed by atoms with van der Waals surface area (Å²) in [7, 11) is 1.54. The van der Waals surface area contributed by atoms with E-state index in [-0.39, 0.29) is 17.7 Å². The second-order valence-corrected chi connectivity index (χ2v) is 8.15. The highest BCUT2D eigenvalue weighted by Crippen LogP contribution is 2.56. The number of fused-ring (bicyclic) bond motifs is 2. The van der Waals surface area contributed by atoms with Gasteiger partial charge in [-0.3, -0.25) is 19.7 Å². The minimum Gasteiger partial charge on any atom is -0.495 e. The summed E-state index contributed by atoms with van der Waals surface area (Å²) >= 11 is 0. The fraction of sp³-hybridized carbons (Fsp3) is 0.526. The van der Waals surface area contributed by atoms with Crippen LogP contribution in [-0.4, -0.2) is 24.8 Å². The summed E-state index contributed by atoms with van der Waals surface area (Å²) in [5.74, 6) is -0.199. The molecule has 6 heteroatoms. The van der Waals surface area contributed by atoms with Crippen LogP contribution in [0.15, 0.2) is 24.3 Å². The maximum absolute atomic E-state index is 13.1. The highest BCUT2D eigenvalue weighted by Gasteiger charge is 2.60. The van der Waals surface area contributed by atoms with Crippen LogP contribution in [0, 0.1) is 16.2 Å². The first-order valence-electron chi connectivity index (χ1n) is 8.42. The number of methoxy groups -OCH3 is 1. The minimum atomic E-state index is -0.823. The average Bonchev–Trinajstić information content (AvgIpc) is 2.53. The van der Waals surface area contributed by atoms with E-state index < -0.39 is 16.2 Å². The molecule has 2 aliphatic rings. The zero-order valence-corrected chi connectivity index (χ0v) is 15.1. The molecule has 3 amide bonds. The van der Waals surface area contributed by atoms with Gasteiger partial charge in [0.25, 0.3) is 0 Å². The Kier molecular flexibility index (Phi) is 3.89. The molecule has 2 fully saturated rings. The van der Waals surface area contributed by atoms with Gasteiger partial charge < -0.3 is 10.1 Å². The lowest BCUT2D eigenvalue weighted by atomic mass is 9.52. The van der Waals surface area contributed by atoms with Gasteiger partial charge in [-0.1, -0.05) is 32.9 Å². The Bertz CT molecular complexity index is 732. The van der Waals surface area contributed by atoms with Gasteiger partial charge in [0.1, 0.15) is 5.75 Å². The van der Waals surface area contributed by atoms with Crippen LogP contribution in [0.1, 0.15) is 40.0 Å². The maximum Gasteiger partial charge on any atom is 0.232 e. The van der Waals surface area contributed by atoms with E-state index in [9.17, 15) is 14.4 Å². The second-order valence-electron chi connectivity index (χ2n) is 8.15. The number of amides is 3. The molecule has 6 nitrogen and oxygen atoms in total. The summed E-state index contributed by atoms with van der Waals surface area (Å²) in [6.45, 7) is 5.50. The number of rotatable bonds is 3. The van der Waals surface area contributed by atoms with Crippen molar-refractivity contribution in [2.75, 3.05) is 12.4 Å². The van der Waals surface area contributed by atoms with E-state index >= 15 is 0 Å². The number of carbonyl (C=O) groups excluding carboxylic acids is 3. The summed E-state index contributed by atoms with van der Waals surface area (Å²) in [6, 6.07) is 7.18. The summed E-state index contributed by atoms with van der Waals surface area (Å²) in [6.07, 6.45) is 1.27. The monoisotopic (exact) mass is 344 g/mol. The first kappa shape index (κ1) is 17.5. The molecule has 2 atom stereocenters. The molecule has 0 radical (unpaired) electrons. The molecule has 1 heterocycles. The zero-order chi connectivity index (χ0) is 18.5. The lowest BCUT2D eigenvalue weighted by Crippen LogP contribution is -2.63. The quantitative estimate of drug-likeness (QED) is 0.825. The Morgan fingerprint density at radius 3 is 2.16 bits per heavy atom. The predicted molar refractivity (Wildman–Crippen MR) is 92.9 cm³/mol. The van der Waals surface area contributed by atoms with Gasteiger partial charge in [-0.25, -0.2) is 0 Å². The number of anilines is 1. The first-order chi connectivity index (χ1) is 11.6. The molecule has 0 spiro atoms. The summed E-state index contributed by atoms with van der Waals surface area (Å²) < 4.78 is 5.28. The van der Waals surface area contributed by atoms with Crippen molar-refractivity contribution in [3.8, 4) is 5.75 Å². The Morgan fingerprint density at radius 1 is 1.04 bits per heavy atom. The molecule has 1 aliphatic heterocycles. The van der Waals surface area contributed by atoms with E-state index in [1.54, 1.807) is 19.2 Å². The largest absolute Gasteiger partial charge is 0.495 e. The van der Waals surface area contributed by atoms with E-state index in [1.165, 1.54) is 0 Å². The van der Waals surface area contributed by atoms with Gasteiger partial charge in [0.2, 0.25) is 17.7 Å². The molecular weight excluding hydrogens is 320 g/mol. The fourth-order valence-electron chi connectivity index (χ4n) is 4.68.